The van der Waals surface area contributed by atoms with E-state index in [0.717, 1.165) is 28.2 Å². The third-order valence-corrected chi connectivity index (χ3v) is 15.6. The van der Waals surface area contributed by atoms with E-state index in [4.69, 9.17) is 4.98 Å². The van der Waals surface area contributed by atoms with Crippen molar-refractivity contribution < 1.29 is 0 Å². The number of aromatic nitrogens is 2. The zero-order chi connectivity index (χ0) is 52.0. The number of nitrogens with zero attached hydrogens (tertiary/aromatic N) is 5. The fourth-order valence-electron chi connectivity index (χ4n) is 10.6. The van der Waals surface area contributed by atoms with Crippen LogP contribution in [0.1, 0.15) is 130 Å². The molecule has 1 aliphatic rings. The molecule has 0 radical (unpaired) electrons. The lowest BCUT2D eigenvalue weighted by Crippen LogP contribution is -2.26. The summed E-state index contributed by atoms with van der Waals surface area (Å²) >= 11 is 0. The third kappa shape index (κ3) is 9.33. The van der Waals surface area contributed by atoms with Crippen LogP contribution in [0.2, 0.25) is 0 Å². The van der Waals surface area contributed by atoms with Gasteiger partial charge in [-0.3, -0.25) is 4.57 Å². The first-order valence-electron chi connectivity index (χ1n) is 26.3. The molecule has 0 fully saturated rings. The molecule has 0 amide bonds. The van der Waals surface area contributed by atoms with Crippen LogP contribution in [0.5, 0.6) is 0 Å². The Labute approximate surface area is 436 Å². The number of benzene rings is 7. The number of rotatable bonds is 8. The Morgan fingerprint density at radius 1 is 0.397 bits per heavy atom. The van der Waals surface area contributed by atoms with Gasteiger partial charge < -0.3 is 14.7 Å². The average molecular weight is 962 g/mol. The minimum Gasteiger partial charge on any atom is -0.344 e. The summed E-state index contributed by atoms with van der Waals surface area (Å²) in [7, 11) is 2.22. The Bertz CT molecular complexity index is 3480. The van der Waals surface area contributed by atoms with Crippen LogP contribution in [0.4, 0.5) is 34.1 Å². The second-order valence-electron chi connectivity index (χ2n) is 25.3. The molecule has 0 atom stereocenters. The maximum absolute atomic E-state index is 5.16. The molecule has 7 aromatic carbocycles. The van der Waals surface area contributed by atoms with Crippen molar-refractivity contribution in [1.29, 1.82) is 0 Å². The van der Waals surface area contributed by atoms with E-state index < -0.39 is 0 Å². The van der Waals surface area contributed by atoms with Gasteiger partial charge >= 0.3 is 0 Å². The zero-order valence-electron chi connectivity index (χ0n) is 46.1. The Balaban J connectivity index is 1.09. The Hall–Kier alpha value is -7.11. The van der Waals surface area contributed by atoms with Crippen LogP contribution in [0.15, 0.2) is 170 Å². The van der Waals surface area contributed by atoms with E-state index >= 15 is 0 Å². The van der Waals surface area contributed by atoms with Gasteiger partial charge in [-0.15, -0.1) is 0 Å². The molecule has 0 bridgehead atoms. The minimum atomic E-state index is -0.257. The maximum atomic E-state index is 5.16. The topological polar surface area (TPSA) is 27.5 Å². The monoisotopic (exact) mass is 962 g/mol. The summed E-state index contributed by atoms with van der Waals surface area (Å²) in [6, 6.07) is 61.6. The standard InChI is InChI=1S/C68H75N5/c1-64(2,3)47-26-28-48(29-27-47)68(13,14)49-33-34-69-63(41-49)73-59-32-25-46(45-21-17-16-18-22-45)35-58(59)57-31-30-53(43-62(57)73)70(15)54-37-52(67(10,11)12)40-56(42-54)72-44-71(60-23-19-20-24-61(60)72)55-38-50(65(4,5)6)36-51(39-55)66(7,8)9/h16-43H,44H2,1-15H3. The van der Waals surface area contributed by atoms with Crippen molar-refractivity contribution in [3.05, 3.63) is 203 Å². The molecule has 10 rings (SSSR count). The van der Waals surface area contributed by atoms with Crippen molar-refractivity contribution in [2.24, 2.45) is 0 Å². The van der Waals surface area contributed by atoms with Gasteiger partial charge in [-0.2, -0.15) is 0 Å². The number of para-hydroxylation sites is 2. The van der Waals surface area contributed by atoms with Crippen LogP contribution < -0.4 is 14.7 Å². The van der Waals surface area contributed by atoms with E-state index in [1.807, 2.05) is 6.20 Å². The van der Waals surface area contributed by atoms with E-state index in [0.29, 0.717) is 6.67 Å². The van der Waals surface area contributed by atoms with Crippen LogP contribution in [0.25, 0.3) is 38.8 Å². The highest BCUT2D eigenvalue weighted by Gasteiger charge is 2.32. The summed E-state index contributed by atoms with van der Waals surface area (Å²) in [6.07, 6.45) is 1.99. The molecule has 0 N–H and O–H groups in total. The van der Waals surface area contributed by atoms with Crippen molar-refractivity contribution in [1.82, 2.24) is 9.55 Å². The van der Waals surface area contributed by atoms with Crippen LogP contribution in [0.3, 0.4) is 0 Å². The SMILES string of the molecule is CN(c1cc(N2CN(c3cc(C(C)(C)C)cc(C(C)(C)C)c3)c3ccccc32)cc(C(C)(C)C)c1)c1ccc2c3cc(-c4ccccc4)ccc3n(-c3cc(C(C)(C)c4ccc(C(C)(C)C)cc4)ccn3)c2c1. The van der Waals surface area contributed by atoms with E-state index in [1.54, 1.807) is 0 Å². The quantitative estimate of drug-likeness (QED) is 0.152. The predicted octanol–water partition coefficient (Wildman–Crippen LogP) is 18.4. The third-order valence-electron chi connectivity index (χ3n) is 15.6. The number of hydrogen-bond donors (Lipinski definition) is 0. The van der Waals surface area contributed by atoms with Crippen molar-refractivity contribution in [3.8, 4) is 16.9 Å². The molecule has 2 aromatic heterocycles. The summed E-state index contributed by atoms with van der Waals surface area (Å²) in [5, 5.41) is 2.39. The molecule has 0 saturated heterocycles. The second-order valence-corrected chi connectivity index (χ2v) is 25.3. The van der Waals surface area contributed by atoms with Gasteiger partial charge in [0.25, 0.3) is 0 Å². The molecule has 372 valence electrons. The maximum Gasteiger partial charge on any atom is 0.137 e. The Kier molecular flexibility index (Phi) is 12.1. The first kappa shape index (κ1) is 49.5. The van der Waals surface area contributed by atoms with E-state index in [1.165, 1.54) is 78.0 Å². The highest BCUT2D eigenvalue weighted by Crippen LogP contribution is 2.48. The second kappa shape index (κ2) is 17.8. The fourth-order valence-corrected chi connectivity index (χ4v) is 10.6. The van der Waals surface area contributed by atoms with Crippen LogP contribution in [0, 0.1) is 0 Å². The molecule has 1 aliphatic heterocycles. The fraction of sp³-hybridized carbons (Fsp3) is 0.309. The number of pyridine rings is 1. The first-order chi connectivity index (χ1) is 34.4. The highest BCUT2D eigenvalue weighted by molar-refractivity contribution is 6.11. The number of fused-ring (bicyclic) bond motifs is 4. The molecule has 0 unspecified atom stereocenters. The van der Waals surface area contributed by atoms with E-state index in [2.05, 4.69) is 287 Å². The highest BCUT2D eigenvalue weighted by atomic mass is 15.4. The van der Waals surface area contributed by atoms with Crippen LogP contribution in [-0.4, -0.2) is 23.3 Å². The Morgan fingerprint density at radius 2 is 0.945 bits per heavy atom. The van der Waals surface area contributed by atoms with Crippen molar-refractivity contribution in [2.75, 3.05) is 28.4 Å². The summed E-state index contributed by atoms with van der Waals surface area (Å²) in [5.41, 5.74) is 19.3. The van der Waals surface area contributed by atoms with Gasteiger partial charge in [0.15, 0.2) is 0 Å². The van der Waals surface area contributed by atoms with Crippen molar-refractivity contribution in [3.63, 3.8) is 0 Å². The van der Waals surface area contributed by atoms with Gasteiger partial charge in [-0.25, -0.2) is 4.98 Å². The van der Waals surface area contributed by atoms with E-state index in [-0.39, 0.29) is 27.1 Å². The van der Waals surface area contributed by atoms with E-state index in [9.17, 15) is 0 Å². The lowest BCUT2D eigenvalue weighted by Gasteiger charge is -2.30. The molecular formula is C68H75N5. The molecule has 0 saturated carbocycles. The van der Waals surface area contributed by atoms with Gasteiger partial charge in [-0.05, 0) is 145 Å². The molecule has 0 spiro atoms. The molecule has 5 heteroatoms. The Morgan fingerprint density at radius 3 is 1.53 bits per heavy atom. The van der Waals surface area contributed by atoms with Crippen LogP contribution in [-0.2, 0) is 27.1 Å². The lowest BCUT2D eigenvalue weighted by atomic mass is 9.77. The molecule has 5 nitrogen and oxygen atoms in total. The smallest absolute Gasteiger partial charge is 0.137 e. The summed E-state index contributed by atoms with van der Waals surface area (Å²) in [4.78, 5) is 12.5. The summed E-state index contributed by atoms with van der Waals surface area (Å²) < 4.78 is 2.38. The van der Waals surface area contributed by atoms with Crippen molar-refractivity contribution >= 4 is 55.9 Å². The average Bonchev–Trinajstić information content (AvgIpc) is 3.91. The molecule has 9 aromatic rings. The predicted molar refractivity (Wildman–Crippen MR) is 314 cm³/mol. The van der Waals surface area contributed by atoms with Crippen molar-refractivity contribution in [2.45, 2.75) is 124 Å². The molecule has 0 aliphatic carbocycles. The zero-order valence-corrected chi connectivity index (χ0v) is 46.1. The first-order valence-corrected chi connectivity index (χ1v) is 26.3. The summed E-state index contributed by atoms with van der Waals surface area (Å²) in [6.45, 7) is 33.1. The summed E-state index contributed by atoms with van der Waals surface area (Å²) in [5.74, 6) is 0.904. The number of hydrogen-bond acceptors (Lipinski definition) is 4. The minimum absolute atomic E-state index is 0.00872. The van der Waals surface area contributed by atoms with Gasteiger partial charge in [-0.1, -0.05) is 182 Å². The van der Waals surface area contributed by atoms with Gasteiger partial charge in [0.1, 0.15) is 12.5 Å². The van der Waals surface area contributed by atoms with Gasteiger partial charge in [0, 0.05) is 52.2 Å². The normalized spacial score (nSPS) is 13.6. The molecule has 73 heavy (non-hydrogen) atoms. The number of anilines is 6. The van der Waals surface area contributed by atoms with Gasteiger partial charge in [0.05, 0.1) is 22.4 Å². The largest absolute Gasteiger partial charge is 0.344 e. The van der Waals surface area contributed by atoms with Gasteiger partial charge in [0.2, 0.25) is 0 Å². The molecule has 3 heterocycles. The lowest BCUT2D eigenvalue weighted by molar-refractivity contribution is 0.568. The molecular weight excluding hydrogens is 887 g/mol. The van der Waals surface area contributed by atoms with Crippen LogP contribution >= 0.6 is 0 Å².